The molecule has 7 nitrogen and oxygen atoms in total. The molecular formula is C21H19ClN6OS. The van der Waals surface area contributed by atoms with E-state index < -0.39 is 0 Å². The van der Waals surface area contributed by atoms with E-state index in [1.807, 2.05) is 44.2 Å². The number of rotatable bonds is 6. The quantitative estimate of drug-likeness (QED) is 0.365. The van der Waals surface area contributed by atoms with Gasteiger partial charge >= 0.3 is 0 Å². The first kappa shape index (κ1) is 19.3. The third-order valence-electron chi connectivity index (χ3n) is 4.95. The molecule has 3 heterocycles. The van der Waals surface area contributed by atoms with E-state index >= 15 is 0 Å². The fraction of sp³-hybridized carbons (Fsp3) is 0.286. The number of hydrogen-bond donors (Lipinski definition) is 0. The number of thioether (sulfide) groups is 1. The van der Waals surface area contributed by atoms with Crippen LogP contribution in [0.2, 0.25) is 5.02 Å². The minimum atomic E-state index is -0.0573. The summed E-state index contributed by atoms with van der Waals surface area (Å²) in [6.07, 6.45) is 5.81. The Morgan fingerprint density at radius 2 is 1.97 bits per heavy atom. The molecule has 152 valence electrons. The number of pyridine rings is 1. The average Bonchev–Trinajstić information content (AvgIpc) is 3.31. The third kappa shape index (κ3) is 3.73. The minimum absolute atomic E-state index is 0.0573. The van der Waals surface area contributed by atoms with Crippen molar-refractivity contribution in [3.8, 4) is 22.8 Å². The summed E-state index contributed by atoms with van der Waals surface area (Å²) in [6.45, 7) is 4.04. The van der Waals surface area contributed by atoms with Gasteiger partial charge in [-0.3, -0.25) is 9.55 Å². The lowest BCUT2D eigenvalue weighted by Gasteiger charge is -2.10. The number of benzene rings is 1. The second-order valence-electron chi connectivity index (χ2n) is 7.34. The molecule has 1 aromatic carbocycles. The zero-order chi connectivity index (χ0) is 20.7. The van der Waals surface area contributed by atoms with Gasteiger partial charge in [-0.05, 0) is 51.0 Å². The Hall–Kier alpha value is -2.71. The van der Waals surface area contributed by atoms with Crippen LogP contribution in [0.25, 0.3) is 22.8 Å². The van der Waals surface area contributed by atoms with Crippen molar-refractivity contribution in [2.24, 2.45) is 0 Å². The third-order valence-corrected chi connectivity index (χ3v) is 6.34. The van der Waals surface area contributed by atoms with Crippen molar-refractivity contribution in [2.45, 2.75) is 43.1 Å². The van der Waals surface area contributed by atoms with Crippen LogP contribution in [-0.2, 0) is 0 Å². The van der Waals surface area contributed by atoms with Crippen molar-refractivity contribution in [3.05, 3.63) is 59.1 Å². The molecule has 0 saturated heterocycles. The average molecular weight is 439 g/mol. The normalized spacial score (nSPS) is 14.8. The van der Waals surface area contributed by atoms with Crippen LogP contribution < -0.4 is 0 Å². The Morgan fingerprint density at radius 1 is 1.17 bits per heavy atom. The van der Waals surface area contributed by atoms with Crippen molar-refractivity contribution < 1.29 is 4.52 Å². The molecule has 1 aliphatic rings. The summed E-state index contributed by atoms with van der Waals surface area (Å²) in [5, 5.41) is 14.5. The topological polar surface area (TPSA) is 82.5 Å². The highest BCUT2D eigenvalue weighted by Gasteiger charge is 2.31. The van der Waals surface area contributed by atoms with Crippen LogP contribution in [0.5, 0.6) is 0 Å². The molecule has 0 spiro atoms. The first-order chi connectivity index (χ1) is 14.6. The highest BCUT2D eigenvalue weighted by atomic mass is 35.5. The number of hydrogen-bond acceptors (Lipinski definition) is 7. The smallest absolute Gasteiger partial charge is 0.259 e. The molecule has 4 aromatic rings. The number of aryl methyl sites for hydroxylation is 1. The number of nitrogens with zero attached hydrogens (tertiary/aromatic N) is 6. The van der Waals surface area contributed by atoms with Crippen LogP contribution in [0.1, 0.15) is 42.4 Å². The summed E-state index contributed by atoms with van der Waals surface area (Å²) in [7, 11) is 0. The lowest BCUT2D eigenvalue weighted by molar-refractivity contribution is 0.423. The molecule has 0 bridgehead atoms. The SMILES string of the molecule is Cc1ccc(Cl)c(-c2nc(C(C)Sc3nnc(-c4ccncc4)n3C3CC3)no2)c1. The molecule has 1 aliphatic carbocycles. The van der Waals surface area contributed by atoms with E-state index in [9.17, 15) is 0 Å². The van der Waals surface area contributed by atoms with E-state index in [0.29, 0.717) is 22.8 Å². The fourth-order valence-corrected chi connectivity index (χ4v) is 4.39. The lowest BCUT2D eigenvalue weighted by atomic mass is 10.1. The van der Waals surface area contributed by atoms with Gasteiger partial charge in [-0.1, -0.05) is 40.1 Å². The standard InChI is InChI=1S/C21H19ClN6OS/c1-12-3-6-17(22)16(11-12)20-24-18(27-29-20)13(2)30-21-26-25-19(28(21)15-4-5-15)14-7-9-23-10-8-14/h3,6-11,13,15H,4-5H2,1-2H3. The lowest BCUT2D eigenvalue weighted by Crippen LogP contribution is -2.01. The highest BCUT2D eigenvalue weighted by Crippen LogP contribution is 2.43. The summed E-state index contributed by atoms with van der Waals surface area (Å²) in [4.78, 5) is 8.68. The van der Waals surface area contributed by atoms with Gasteiger partial charge in [-0.15, -0.1) is 10.2 Å². The zero-order valence-electron chi connectivity index (χ0n) is 16.5. The maximum atomic E-state index is 6.31. The minimum Gasteiger partial charge on any atom is -0.334 e. The van der Waals surface area contributed by atoms with Gasteiger partial charge in [-0.2, -0.15) is 4.98 Å². The molecule has 5 rings (SSSR count). The largest absolute Gasteiger partial charge is 0.334 e. The summed E-state index contributed by atoms with van der Waals surface area (Å²) in [5.41, 5.74) is 2.84. The van der Waals surface area contributed by atoms with Crippen molar-refractivity contribution in [1.29, 1.82) is 0 Å². The van der Waals surface area contributed by atoms with Gasteiger partial charge in [0.2, 0.25) is 0 Å². The molecule has 0 radical (unpaired) electrons. The molecule has 0 amide bonds. The molecule has 30 heavy (non-hydrogen) atoms. The molecule has 9 heteroatoms. The van der Waals surface area contributed by atoms with Crippen molar-refractivity contribution in [2.75, 3.05) is 0 Å². The Balaban J connectivity index is 1.41. The van der Waals surface area contributed by atoms with Crippen LogP contribution in [0.4, 0.5) is 0 Å². The molecule has 1 fully saturated rings. The maximum absolute atomic E-state index is 6.31. The van der Waals surface area contributed by atoms with Gasteiger partial charge in [0.1, 0.15) is 0 Å². The Bertz CT molecular complexity index is 1190. The van der Waals surface area contributed by atoms with Gasteiger partial charge in [0.05, 0.1) is 15.8 Å². The number of halogens is 1. The first-order valence-corrected chi connectivity index (χ1v) is 11.0. The Labute approximate surface area is 182 Å². The maximum Gasteiger partial charge on any atom is 0.259 e. The van der Waals surface area contributed by atoms with E-state index in [2.05, 4.69) is 29.9 Å². The van der Waals surface area contributed by atoms with Gasteiger partial charge < -0.3 is 4.52 Å². The van der Waals surface area contributed by atoms with E-state index in [1.54, 1.807) is 24.2 Å². The predicted octanol–water partition coefficient (Wildman–Crippen LogP) is 5.54. The molecule has 1 unspecified atom stereocenters. The second kappa shape index (κ2) is 7.85. The van der Waals surface area contributed by atoms with E-state index in [4.69, 9.17) is 16.1 Å². The van der Waals surface area contributed by atoms with Crippen LogP contribution in [0, 0.1) is 6.92 Å². The van der Waals surface area contributed by atoms with Gasteiger partial charge in [0.25, 0.3) is 5.89 Å². The first-order valence-electron chi connectivity index (χ1n) is 9.72. The fourth-order valence-electron chi connectivity index (χ4n) is 3.24. The van der Waals surface area contributed by atoms with Crippen LogP contribution >= 0.6 is 23.4 Å². The van der Waals surface area contributed by atoms with Gasteiger partial charge in [0.15, 0.2) is 16.8 Å². The van der Waals surface area contributed by atoms with Crippen molar-refractivity contribution in [1.82, 2.24) is 29.9 Å². The molecule has 1 atom stereocenters. The summed E-state index contributed by atoms with van der Waals surface area (Å²) < 4.78 is 7.72. The molecule has 0 aliphatic heterocycles. The van der Waals surface area contributed by atoms with Gasteiger partial charge in [0, 0.05) is 24.0 Å². The van der Waals surface area contributed by atoms with E-state index in [1.165, 1.54) is 0 Å². The molecular weight excluding hydrogens is 420 g/mol. The summed E-state index contributed by atoms with van der Waals surface area (Å²) in [5.74, 6) is 1.89. The highest BCUT2D eigenvalue weighted by molar-refractivity contribution is 7.99. The Kier molecular flexibility index (Phi) is 5.04. The second-order valence-corrected chi connectivity index (χ2v) is 9.06. The molecule has 1 saturated carbocycles. The van der Waals surface area contributed by atoms with E-state index in [0.717, 1.165) is 40.5 Å². The van der Waals surface area contributed by atoms with Gasteiger partial charge in [-0.25, -0.2) is 0 Å². The molecule has 0 N–H and O–H groups in total. The number of aromatic nitrogens is 6. The summed E-state index contributed by atoms with van der Waals surface area (Å²) in [6, 6.07) is 10.1. The van der Waals surface area contributed by atoms with E-state index in [-0.39, 0.29) is 5.25 Å². The zero-order valence-corrected chi connectivity index (χ0v) is 18.1. The van der Waals surface area contributed by atoms with Crippen molar-refractivity contribution >= 4 is 23.4 Å². The Morgan fingerprint density at radius 3 is 2.73 bits per heavy atom. The predicted molar refractivity (Wildman–Crippen MR) is 115 cm³/mol. The molecule has 3 aromatic heterocycles. The monoisotopic (exact) mass is 438 g/mol. The van der Waals surface area contributed by atoms with Crippen LogP contribution in [0.15, 0.2) is 52.4 Å². The summed E-state index contributed by atoms with van der Waals surface area (Å²) >= 11 is 7.89. The van der Waals surface area contributed by atoms with Crippen molar-refractivity contribution in [3.63, 3.8) is 0 Å². The van der Waals surface area contributed by atoms with Crippen LogP contribution in [0.3, 0.4) is 0 Å². The van der Waals surface area contributed by atoms with Crippen LogP contribution in [-0.4, -0.2) is 29.9 Å².